The van der Waals surface area contributed by atoms with E-state index in [1.807, 2.05) is 12.3 Å². The van der Waals surface area contributed by atoms with Gasteiger partial charge in [0, 0.05) is 12.2 Å². The van der Waals surface area contributed by atoms with Gasteiger partial charge in [0.2, 0.25) is 0 Å². The largest absolute Gasteiger partial charge is 0.313 e. The maximum Gasteiger partial charge on any atom is 0.129 e. The molecule has 90 valence electrons. The summed E-state index contributed by atoms with van der Waals surface area (Å²) in [7, 11) is 0. The van der Waals surface area contributed by atoms with Crippen LogP contribution in [0.4, 0.5) is 0 Å². The van der Waals surface area contributed by atoms with Crippen molar-refractivity contribution in [3.8, 4) is 0 Å². The first-order valence-corrected chi connectivity index (χ1v) is 6.75. The number of aromatic nitrogens is 1. The van der Waals surface area contributed by atoms with Gasteiger partial charge in [0.05, 0.1) is 0 Å². The summed E-state index contributed by atoms with van der Waals surface area (Å²) in [5, 5.41) is 4.21. The zero-order valence-electron chi connectivity index (χ0n) is 9.82. The topological polar surface area (TPSA) is 24.9 Å². The van der Waals surface area contributed by atoms with Crippen molar-refractivity contribution < 1.29 is 0 Å². The van der Waals surface area contributed by atoms with Crippen LogP contribution < -0.4 is 5.32 Å². The van der Waals surface area contributed by atoms with Gasteiger partial charge in [0.25, 0.3) is 0 Å². The highest BCUT2D eigenvalue weighted by Crippen LogP contribution is 2.34. The average molecular weight is 249 g/mol. The van der Waals surface area contributed by atoms with Crippen molar-refractivity contribution in [2.75, 3.05) is 6.54 Å². The Labute approximate surface area is 107 Å². The lowest BCUT2D eigenvalue weighted by Gasteiger charge is -2.36. The Morgan fingerprint density at radius 1 is 1.35 bits per heavy atom. The first-order chi connectivity index (χ1) is 8.33. The molecule has 1 aromatic heterocycles. The van der Waals surface area contributed by atoms with Crippen molar-refractivity contribution in [1.82, 2.24) is 10.3 Å². The molecule has 0 bridgehead atoms. The van der Waals surface area contributed by atoms with Crippen molar-refractivity contribution in [2.45, 2.75) is 31.7 Å². The Bertz CT molecular complexity index is 424. The molecule has 0 unspecified atom stereocenters. The quantitative estimate of drug-likeness (QED) is 0.772. The summed E-state index contributed by atoms with van der Waals surface area (Å²) in [5.41, 5.74) is 2.64. The number of nitrogens with one attached hydrogen (secondary N) is 1. The number of hydrogen-bond donors (Lipinski definition) is 1. The Hall–Kier alpha value is -0.860. The van der Waals surface area contributed by atoms with Crippen LogP contribution in [0.25, 0.3) is 5.57 Å². The Kier molecular flexibility index (Phi) is 3.17. The molecule has 0 spiro atoms. The molecule has 1 N–H and O–H groups in total. The van der Waals surface area contributed by atoms with Gasteiger partial charge >= 0.3 is 0 Å². The van der Waals surface area contributed by atoms with E-state index in [0.717, 1.165) is 12.3 Å². The molecule has 1 fully saturated rings. The number of pyridine rings is 1. The maximum absolute atomic E-state index is 5.82. The number of rotatable bonds is 1. The first-order valence-electron chi connectivity index (χ1n) is 6.37. The second-order valence-electron chi connectivity index (χ2n) is 5.00. The number of fused-ring (bicyclic) bond motifs is 1. The molecule has 1 aromatic rings. The van der Waals surface area contributed by atoms with Gasteiger partial charge in [-0.2, -0.15) is 0 Å². The minimum Gasteiger partial charge on any atom is -0.313 e. The normalized spacial score (nSPS) is 28.4. The minimum atomic E-state index is 0.568. The molecule has 1 saturated heterocycles. The number of hydrogen-bond acceptors (Lipinski definition) is 2. The van der Waals surface area contributed by atoms with Gasteiger partial charge in [-0.1, -0.05) is 23.7 Å². The van der Waals surface area contributed by atoms with Crippen LogP contribution in [-0.2, 0) is 0 Å². The lowest BCUT2D eigenvalue weighted by molar-refractivity contribution is 0.278. The molecule has 3 heteroatoms. The van der Waals surface area contributed by atoms with Gasteiger partial charge in [-0.25, -0.2) is 4.98 Å². The second kappa shape index (κ2) is 4.79. The Balaban J connectivity index is 1.80. The number of halogens is 1. The summed E-state index contributed by atoms with van der Waals surface area (Å²) >= 11 is 5.82. The molecular formula is C14H17ClN2. The Morgan fingerprint density at radius 3 is 3.12 bits per heavy atom. The van der Waals surface area contributed by atoms with Crippen LogP contribution in [0.2, 0.25) is 5.15 Å². The lowest BCUT2D eigenvalue weighted by atomic mass is 9.78. The summed E-state index contributed by atoms with van der Waals surface area (Å²) in [6, 6.07) is 4.61. The summed E-state index contributed by atoms with van der Waals surface area (Å²) in [4.78, 5) is 4.16. The molecule has 0 saturated carbocycles. The minimum absolute atomic E-state index is 0.568. The molecule has 2 nitrogen and oxygen atoms in total. The molecule has 0 aromatic carbocycles. The van der Waals surface area contributed by atoms with E-state index >= 15 is 0 Å². The highest BCUT2D eigenvalue weighted by atomic mass is 35.5. The van der Waals surface area contributed by atoms with Crippen molar-refractivity contribution >= 4 is 17.2 Å². The smallest absolute Gasteiger partial charge is 0.129 e. The molecular weight excluding hydrogens is 232 g/mol. The fraction of sp³-hybridized carbons (Fsp3) is 0.500. The summed E-state index contributed by atoms with van der Waals surface area (Å²) in [6.45, 7) is 1.17. The standard InChI is InChI=1S/C14H17ClN2/c15-14-6-5-12(9-17-14)11-4-3-10-2-1-7-16-13(10)8-11/h4-6,9-10,13,16H,1-3,7-8H2/t10-,13+/m1/s1. The van der Waals surface area contributed by atoms with Gasteiger partial charge in [0.1, 0.15) is 5.15 Å². The predicted octanol–water partition coefficient (Wildman–Crippen LogP) is 3.28. The van der Waals surface area contributed by atoms with Crippen molar-refractivity contribution in [1.29, 1.82) is 0 Å². The fourth-order valence-corrected chi connectivity index (χ4v) is 3.07. The maximum atomic E-state index is 5.82. The van der Waals surface area contributed by atoms with E-state index < -0.39 is 0 Å². The van der Waals surface area contributed by atoms with Crippen LogP contribution in [-0.4, -0.2) is 17.6 Å². The van der Waals surface area contributed by atoms with Gasteiger partial charge < -0.3 is 5.32 Å². The van der Waals surface area contributed by atoms with E-state index in [9.17, 15) is 0 Å². The molecule has 2 heterocycles. The third-order valence-electron chi connectivity index (χ3n) is 3.93. The third-order valence-corrected chi connectivity index (χ3v) is 4.16. The zero-order chi connectivity index (χ0) is 11.7. The van der Waals surface area contributed by atoms with E-state index in [1.54, 1.807) is 0 Å². The average Bonchev–Trinajstić information content (AvgIpc) is 2.39. The van der Waals surface area contributed by atoms with E-state index in [-0.39, 0.29) is 0 Å². The van der Waals surface area contributed by atoms with Crippen molar-refractivity contribution in [3.63, 3.8) is 0 Å². The highest BCUT2D eigenvalue weighted by Gasteiger charge is 2.28. The summed E-state index contributed by atoms with van der Waals surface area (Å²) < 4.78 is 0. The molecule has 17 heavy (non-hydrogen) atoms. The van der Waals surface area contributed by atoms with E-state index in [4.69, 9.17) is 11.6 Å². The van der Waals surface area contributed by atoms with E-state index in [2.05, 4.69) is 22.4 Å². The first kappa shape index (κ1) is 11.2. The number of allylic oxidation sites excluding steroid dienone is 1. The molecule has 2 atom stereocenters. The molecule has 1 aliphatic heterocycles. The zero-order valence-corrected chi connectivity index (χ0v) is 10.6. The summed E-state index contributed by atoms with van der Waals surface area (Å²) in [5.74, 6) is 0.841. The predicted molar refractivity (Wildman–Crippen MR) is 71.0 cm³/mol. The van der Waals surface area contributed by atoms with Gasteiger partial charge in [-0.15, -0.1) is 0 Å². The lowest BCUT2D eigenvalue weighted by Crippen LogP contribution is -2.42. The fourth-order valence-electron chi connectivity index (χ4n) is 2.96. The van der Waals surface area contributed by atoms with E-state index in [0.29, 0.717) is 11.2 Å². The van der Waals surface area contributed by atoms with Gasteiger partial charge in [-0.3, -0.25) is 0 Å². The molecule has 0 radical (unpaired) electrons. The number of nitrogens with zero attached hydrogens (tertiary/aromatic N) is 1. The van der Waals surface area contributed by atoms with Crippen molar-refractivity contribution in [3.05, 3.63) is 35.1 Å². The molecule has 2 aliphatic rings. The van der Waals surface area contributed by atoms with Gasteiger partial charge in [-0.05, 0) is 55.3 Å². The van der Waals surface area contributed by atoms with Gasteiger partial charge in [0.15, 0.2) is 0 Å². The Morgan fingerprint density at radius 2 is 2.29 bits per heavy atom. The van der Waals surface area contributed by atoms with Crippen LogP contribution in [0.1, 0.15) is 31.2 Å². The highest BCUT2D eigenvalue weighted by molar-refractivity contribution is 6.29. The SMILES string of the molecule is Clc1ccc(C2=CC[C@H]3CCCN[C@H]3C2)cn1. The van der Waals surface area contributed by atoms with Crippen LogP contribution in [0, 0.1) is 5.92 Å². The molecule has 1 aliphatic carbocycles. The van der Waals surface area contributed by atoms with E-state index in [1.165, 1.54) is 36.9 Å². The second-order valence-corrected chi connectivity index (χ2v) is 5.39. The van der Waals surface area contributed by atoms with Crippen LogP contribution in [0.3, 0.4) is 0 Å². The van der Waals surface area contributed by atoms with Crippen LogP contribution in [0.5, 0.6) is 0 Å². The number of piperidine rings is 1. The van der Waals surface area contributed by atoms with Crippen LogP contribution in [0.15, 0.2) is 24.4 Å². The molecule has 0 amide bonds. The van der Waals surface area contributed by atoms with Crippen molar-refractivity contribution in [2.24, 2.45) is 5.92 Å². The molecule has 3 rings (SSSR count). The summed E-state index contributed by atoms with van der Waals surface area (Å²) in [6.07, 6.45) is 9.31. The monoisotopic (exact) mass is 248 g/mol. The van der Waals surface area contributed by atoms with Crippen LogP contribution >= 0.6 is 11.6 Å². The third kappa shape index (κ3) is 2.38.